The van der Waals surface area contributed by atoms with Crippen molar-refractivity contribution in [1.29, 1.82) is 0 Å². The molecule has 0 saturated heterocycles. The summed E-state index contributed by atoms with van der Waals surface area (Å²) in [4.78, 5) is 30.5. The summed E-state index contributed by atoms with van der Waals surface area (Å²) in [6.07, 6.45) is -1.16. The average molecular weight is 495 g/mol. The number of carbonyl (C=O) groups is 2. The van der Waals surface area contributed by atoms with Gasteiger partial charge >= 0.3 is 0 Å². The van der Waals surface area contributed by atoms with Gasteiger partial charge in [0.2, 0.25) is 11.4 Å². The number of ether oxygens (including phenoxy) is 3. The van der Waals surface area contributed by atoms with Crippen LogP contribution < -0.4 is 19.9 Å². The van der Waals surface area contributed by atoms with Crippen molar-refractivity contribution < 1.29 is 28.9 Å². The van der Waals surface area contributed by atoms with E-state index in [4.69, 9.17) is 31.5 Å². The molecule has 1 aliphatic carbocycles. The number of ketones is 1. The van der Waals surface area contributed by atoms with Crippen LogP contribution in [0.2, 0.25) is 5.02 Å². The second-order valence-electron chi connectivity index (χ2n) is 8.68. The molecule has 1 amide bonds. The summed E-state index contributed by atoms with van der Waals surface area (Å²) >= 11 is 6.53. The summed E-state index contributed by atoms with van der Waals surface area (Å²) in [5.74, 6) is -1.04. The van der Waals surface area contributed by atoms with Crippen molar-refractivity contribution in [2.75, 3.05) is 14.2 Å². The Labute approximate surface area is 206 Å². The summed E-state index contributed by atoms with van der Waals surface area (Å²) in [5.41, 5.74) is 6.26. The fourth-order valence-corrected chi connectivity index (χ4v) is 5.37. The Kier molecular flexibility index (Phi) is 5.45. The van der Waals surface area contributed by atoms with Crippen molar-refractivity contribution in [3.63, 3.8) is 0 Å². The highest BCUT2D eigenvalue weighted by molar-refractivity contribution is 6.35. The van der Waals surface area contributed by atoms with Crippen molar-refractivity contribution in [2.24, 2.45) is 11.7 Å². The van der Waals surface area contributed by atoms with Crippen LogP contribution in [0.4, 0.5) is 0 Å². The van der Waals surface area contributed by atoms with Crippen LogP contribution in [0.1, 0.15) is 45.1 Å². The van der Waals surface area contributed by atoms with Crippen LogP contribution in [-0.2, 0) is 6.42 Å². The summed E-state index contributed by atoms with van der Waals surface area (Å²) in [6, 6.07) is 12.3. The number of nitrogens with two attached hydrogens (primary N) is 1. The molecule has 9 heteroatoms. The molecule has 2 heterocycles. The number of halogens is 1. The number of rotatable bonds is 4. The van der Waals surface area contributed by atoms with E-state index in [1.807, 2.05) is 30.3 Å². The van der Waals surface area contributed by atoms with Gasteiger partial charge in [0, 0.05) is 23.2 Å². The summed E-state index contributed by atoms with van der Waals surface area (Å²) in [7, 11) is 2.88. The maximum atomic E-state index is 14.0. The van der Waals surface area contributed by atoms with Crippen LogP contribution in [0.3, 0.4) is 0 Å². The van der Waals surface area contributed by atoms with Gasteiger partial charge in [-0.25, -0.2) is 4.98 Å². The summed E-state index contributed by atoms with van der Waals surface area (Å²) in [5, 5.41) is 12.0. The summed E-state index contributed by atoms with van der Waals surface area (Å²) < 4.78 is 17.1. The zero-order valence-corrected chi connectivity index (χ0v) is 20.1. The standard InChI is InChI=1S/C26H23ClN2O6/c1-12-9-15-19(14(10-16(29-15)25(28)32)13-7-5-4-6-8-13)23(30)26(12)24(31)20-17(33-2)11-18(34-3)21(27)22(20)35-26/h4-8,10-12,23,30H,9H2,1-3H3,(H2,28,32)/t12-,23?,26+/m1/s1. The van der Waals surface area contributed by atoms with Crippen LogP contribution in [0.15, 0.2) is 42.5 Å². The first-order chi connectivity index (χ1) is 16.7. The van der Waals surface area contributed by atoms with Crippen LogP contribution in [-0.4, -0.2) is 41.6 Å². The quantitative estimate of drug-likeness (QED) is 0.566. The van der Waals surface area contributed by atoms with Gasteiger partial charge in [-0.1, -0.05) is 48.9 Å². The number of benzene rings is 2. The van der Waals surface area contributed by atoms with Gasteiger partial charge in [-0.3, -0.25) is 9.59 Å². The zero-order valence-electron chi connectivity index (χ0n) is 19.3. The van der Waals surface area contributed by atoms with Gasteiger partial charge < -0.3 is 25.1 Å². The molecule has 2 aromatic carbocycles. The largest absolute Gasteiger partial charge is 0.496 e. The Morgan fingerprint density at radius 3 is 2.51 bits per heavy atom. The molecule has 180 valence electrons. The average Bonchev–Trinajstić information content (AvgIpc) is 3.17. The molecule has 3 aromatic rings. The lowest BCUT2D eigenvalue weighted by Gasteiger charge is -2.42. The number of methoxy groups -OCH3 is 2. The molecule has 0 saturated carbocycles. The molecule has 8 nitrogen and oxygen atoms in total. The number of aliphatic hydroxyl groups is 1. The molecule has 1 aromatic heterocycles. The van der Waals surface area contributed by atoms with Crippen LogP contribution >= 0.6 is 11.6 Å². The van der Waals surface area contributed by atoms with Crippen molar-refractivity contribution in [3.05, 3.63) is 70.0 Å². The molecule has 3 N–H and O–H groups in total. The summed E-state index contributed by atoms with van der Waals surface area (Å²) in [6.45, 7) is 1.79. The minimum Gasteiger partial charge on any atom is -0.496 e. The monoisotopic (exact) mass is 494 g/mol. The molecule has 35 heavy (non-hydrogen) atoms. The molecule has 3 atom stereocenters. The van der Waals surface area contributed by atoms with Crippen molar-refractivity contribution in [2.45, 2.75) is 25.0 Å². The second kappa shape index (κ2) is 8.25. The van der Waals surface area contributed by atoms with E-state index in [9.17, 15) is 14.7 Å². The Morgan fingerprint density at radius 2 is 1.89 bits per heavy atom. The minimum atomic E-state index is -1.68. The molecule has 0 fully saturated rings. The minimum absolute atomic E-state index is 0.0781. The lowest BCUT2D eigenvalue weighted by atomic mass is 9.68. The van der Waals surface area contributed by atoms with Crippen LogP contribution in [0.25, 0.3) is 11.1 Å². The fourth-order valence-electron chi connectivity index (χ4n) is 5.10. The third-order valence-corrected chi connectivity index (χ3v) is 7.19. The number of nitrogens with zero attached hydrogens (tertiary/aromatic N) is 1. The van der Waals surface area contributed by atoms with E-state index in [1.54, 1.807) is 6.92 Å². The van der Waals surface area contributed by atoms with E-state index < -0.39 is 29.3 Å². The number of carbonyl (C=O) groups excluding carboxylic acids is 2. The highest BCUT2D eigenvalue weighted by atomic mass is 35.5. The Morgan fingerprint density at radius 1 is 1.20 bits per heavy atom. The Hall–Kier alpha value is -3.62. The van der Waals surface area contributed by atoms with E-state index in [1.165, 1.54) is 26.4 Å². The van der Waals surface area contributed by atoms with Gasteiger partial charge in [0.25, 0.3) is 5.91 Å². The van der Waals surface area contributed by atoms with Crippen molar-refractivity contribution in [1.82, 2.24) is 4.98 Å². The number of pyridine rings is 1. The fraction of sp³-hybridized carbons (Fsp3) is 0.269. The van der Waals surface area contributed by atoms with Gasteiger partial charge in [-0.15, -0.1) is 0 Å². The van der Waals surface area contributed by atoms with Crippen molar-refractivity contribution in [3.8, 4) is 28.4 Å². The number of primary amides is 1. The molecule has 0 radical (unpaired) electrons. The van der Waals surface area contributed by atoms with E-state index in [0.717, 1.165) is 5.56 Å². The maximum absolute atomic E-state index is 14.0. The SMILES string of the molecule is COc1cc(OC)c2c(c1Cl)O[C@]1(C2=O)C(O)c2c(-c3ccccc3)cc(C(N)=O)nc2C[C@H]1C. The molecular weight excluding hydrogens is 472 g/mol. The number of Topliss-reactive ketones (excluding diaryl/α,β-unsaturated/α-hetero) is 1. The molecule has 5 rings (SSSR count). The third-order valence-electron chi connectivity index (χ3n) is 6.83. The molecule has 2 aliphatic rings. The zero-order chi connectivity index (χ0) is 25.1. The topological polar surface area (TPSA) is 121 Å². The molecule has 0 bridgehead atoms. The normalized spacial score (nSPS) is 22.4. The number of aliphatic hydroxyl groups excluding tert-OH is 1. The molecule has 1 spiro atoms. The van der Waals surface area contributed by atoms with Crippen molar-refractivity contribution >= 4 is 23.3 Å². The Balaban J connectivity index is 1.75. The van der Waals surface area contributed by atoms with Gasteiger partial charge in [0.05, 0.1) is 14.2 Å². The lowest BCUT2D eigenvalue weighted by Crippen LogP contribution is -2.55. The lowest BCUT2D eigenvalue weighted by molar-refractivity contribution is -0.0639. The third kappa shape index (κ3) is 3.20. The smallest absolute Gasteiger partial charge is 0.267 e. The van der Waals surface area contributed by atoms with E-state index in [2.05, 4.69) is 4.98 Å². The van der Waals surface area contributed by atoms with E-state index in [-0.39, 0.29) is 39.9 Å². The van der Waals surface area contributed by atoms with E-state index in [0.29, 0.717) is 16.8 Å². The van der Waals surface area contributed by atoms with Crippen LogP contribution in [0.5, 0.6) is 17.2 Å². The predicted octanol–water partition coefficient (Wildman–Crippen LogP) is 3.76. The maximum Gasteiger partial charge on any atom is 0.267 e. The molecule has 1 aliphatic heterocycles. The molecular formula is C26H23ClN2O6. The first-order valence-corrected chi connectivity index (χ1v) is 11.4. The number of hydrogen-bond donors (Lipinski definition) is 2. The number of hydrogen-bond acceptors (Lipinski definition) is 7. The van der Waals surface area contributed by atoms with Gasteiger partial charge in [0.1, 0.15) is 33.9 Å². The van der Waals surface area contributed by atoms with Crippen LogP contribution in [0, 0.1) is 5.92 Å². The number of amides is 1. The van der Waals surface area contributed by atoms with Gasteiger partial charge in [-0.2, -0.15) is 0 Å². The molecule has 1 unspecified atom stereocenters. The van der Waals surface area contributed by atoms with Gasteiger partial charge in [-0.05, 0) is 23.6 Å². The highest BCUT2D eigenvalue weighted by Crippen LogP contribution is 2.57. The Bertz CT molecular complexity index is 1380. The predicted molar refractivity (Wildman–Crippen MR) is 128 cm³/mol. The number of fused-ring (bicyclic) bond motifs is 2. The highest BCUT2D eigenvalue weighted by Gasteiger charge is 2.62. The van der Waals surface area contributed by atoms with Gasteiger partial charge in [0.15, 0.2) is 5.75 Å². The first-order valence-electron chi connectivity index (χ1n) is 11.0. The first kappa shape index (κ1) is 23.1. The van der Waals surface area contributed by atoms with E-state index >= 15 is 0 Å². The second-order valence-corrected chi connectivity index (χ2v) is 9.05. The number of aromatic nitrogens is 1.